The minimum absolute atomic E-state index is 0.138. The zero-order valence-electron chi connectivity index (χ0n) is 14.1. The molecule has 2 heterocycles. The lowest BCUT2D eigenvalue weighted by atomic mass is 9.91. The fourth-order valence-corrected chi connectivity index (χ4v) is 2.97. The third-order valence-electron chi connectivity index (χ3n) is 4.33. The van der Waals surface area contributed by atoms with Gasteiger partial charge in [-0.15, -0.1) is 0 Å². The second kappa shape index (κ2) is 5.70. The Morgan fingerprint density at radius 2 is 2.04 bits per heavy atom. The van der Waals surface area contributed by atoms with Gasteiger partial charge in [-0.25, -0.2) is 9.38 Å². The topological polar surface area (TPSA) is 100 Å². The summed E-state index contributed by atoms with van der Waals surface area (Å²) in [5.74, 6) is -0.515. The van der Waals surface area contributed by atoms with Gasteiger partial charge in [0.2, 0.25) is 5.91 Å². The Morgan fingerprint density at radius 1 is 1.32 bits per heavy atom. The van der Waals surface area contributed by atoms with Gasteiger partial charge in [-0.2, -0.15) is 10.4 Å². The van der Waals surface area contributed by atoms with E-state index in [1.807, 2.05) is 6.07 Å². The Balaban J connectivity index is 2.09. The molecule has 1 aromatic heterocycles. The van der Waals surface area contributed by atoms with Crippen molar-refractivity contribution in [3.63, 3.8) is 0 Å². The molecule has 0 bridgehead atoms. The fraction of sp³-hybridized carbons (Fsp3) is 0.294. The quantitative estimate of drug-likeness (QED) is 0.895. The van der Waals surface area contributed by atoms with Gasteiger partial charge in [0.05, 0.1) is 29.4 Å². The molecule has 0 radical (unpaired) electrons. The number of nitrogens with zero attached hydrogens (tertiary/aromatic N) is 5. The lowest BCUT2D eigenvalue weighted by Crippen LogP contribution is -2.48. The summed E-state index contributed by atoms with van der Waals surface area (Å²) in [6, 6.07) is 7.70. The first kappa shape index (κ1) is 16.6. The molecule has 0 spiro atoms. The summed E-state index contributed by atoms with van der Waals surface area (Å²) in [5.41, 5.74) is 6.85. The van der Waals surface area contributed by atoms with Crippen LogP contribution >= 0.6 is 0 Å². The van der Waals surface area contributed by atoms with Crippen molar-refractivity contribution in [3.05, 3.63) is 41.3 Å². The van der Waals surface area contributed by atoms with Gasteiger partial charge in [0.1, 0.15) is 11.4 Å². The molecule has 128 valence electrons. The van der Waals surface area contributed by atoms with Crippen LogP contribution in [0.5, 0.6) is 0 Å². The van der Waals surface area contributed by atoms with E-state index in [-0.39, 0.29) is 23.9 Å². The van der Waals surface area contributed by atoms with Gasteiger partial charge in [-0.1, -0.05) is 0 Å². The Kier molecular flexibility index (Phi) is 3.80. The molecule has 25 heavy (non-hydrogen) atoms. The summed E-state index contributed by atoms with van der Waals surface area (Å²) in [5, 5.41) is 13.4. The van der Waals surface area contributed by atoms with E-state index in [2.05, 4.69) is 10.1 Å². The lowest BCUT2D eigenvalue weighted by Gasteiger charge is -2.33. The van der Waals surface area contributed by atoms with Crippen LogP contribution in [-0.4, -0.2) is 33.6 Å². The van der Waals surface area contributed by atoms with Gasteiger partial charge in [0.15, 0.2) is 5.96 Å². The number of hydrogen-bond donors (Lipinski definition) is 1. The van der Waals surface area contributed by atoms with Gasteiger partial charge in [0.25, 0.3) is 0 Å². The zero-order valence-corrected chi connectivity index (χ0v) is 14.1. The number of guanidine groups is 1. The number of halogens is 1. The van der Waals surface area contributed by atoms with Crippen LogP contribution in [0.15, 0.2) is 29.3 Å². The van der Waals surface area contributed by atoms with Crippen LogP contribution in [0.4, 0.5) is 4.39 Å². The molecule has 1 aliphatic rings. The first-order chi connectivity index (χ1) is 11.7. The highest BCUT2D eigenvalue weighted by Crippen LogP contribution is 2.34. The van der Waals surface area contributed by atoms with Crippen molar-refractivity contribution in [2.24, 2.45) is 17.8 Å². The first-order valence-corrected chi connectivity index (χ1v) is 7.61. The van der Waals surface area contributed by atoms with Gasteiger partial charge in [0, 0.05) is 19.7 Å². The smallest absolute Gasteiger partial charge is 0.231 e. The van der Waals surface area contributed by atoms with Gasteiger partial charge in [-0.05, 0) is 31.2 Å². The fourth-order valence-electron chi connectivity index (χ4n) is 2.97. The predicted octanol–water partition coefficient (Wildman–Crippen LogP) is 1.49. The Morgan fingerprint density at radius 3 is 2.68 bits per heavy atom. The highest BCUT2D eigenvalue weighted by atomic mass is 19.1. The van der Waals surface area contributed by atoms with E-state index in [9.17, 15) is 9.18 Å². The zero-order chi connectivity index (χ0) is 18.4. The number of aliphatic imine (C=N–C) groups is 1. The number of nitrogens with two attached hydrogens (primary N) is 1. The molecule has 1 unspecified atom stereocenters. The van der Waals surface area contributed by atoms with Crippen LogP contribution in [-0.2, 0) is 17.4 Å². The van der Waals surface area contributed by atoms with Crippen molar-refractivity contribution >= 4 is 11.9 Å². The van der Waals surface area contributed by atoms with E-state index in [0.29, 0.717) is 17.0 Å². The molecule has 2 aromatic rings. The van der Waals surface area contributed by atoms with Gasteiger partial charge >= 0.3 is 0 Å². The summed E-state index contributed by atoms with van der Waals surface area (Å²) in [6.45, 7) is 1.80. The summed E-state index contributed by atoms with van der Waals surface area (Å²) in [7, 11) is 3.30. The summed E-state index contributed by atoms with van der Waals surface area (Å²) in [4.78, 5) is 17.9. The molecule has 3 rings (SSSR count). The van der Waals surface area contributed by atoms with Crippen LogP contribution in [0.1, 0.15) is 24.6 Å². The molecule has 0 fully saturated rings. The molecule has 8 heteroatoms. The highest BCUT2D eigenvalue weighted by Gasteiger charge is 2.38. The molecule has 1 aliphatic heterocycles. The summed E-state index contributed by atoms with van der Waals surface area (Å²) >= 11 is 0. The van der Waals surface area contributed by atoms with Crippen molar-refractivity contribution in [1.82, 2.24) is 14.7 Å². The van der Waals surface area contributed by atoms with E-state index in [4.69, 9.17) is 11.0 Å². The Hall–Kier alpha value is -3.21. The van der Waals surface area contributed by atoms with E-state index in [0.717, 1.165) is 6.07 Å². The number of rotatable bonds is 2. The largest absolute Gasteiger partial charge is 0.369 e. The maximum atomic E-state index is 13.7. The molecule has 0 aliphatic carbocycles. The second-order valence-electron chi connectivity index (χ2n) is 6.25. The average molecular weight is 340 g/mol. The van der Waals surface area contributed by atoms with Crippen LogP contribution in [0.25, 0.3) is 11.3 Å². The number of carbonyl (C=O) groups excluding carboxylic acids is 1. The number of nitriles is 1. The van der Waals surface area contributed by atoms with Crippen molar-refractivity contribution in [2.45, 2.75) is 18.9 Å². The van der Waals surface area contributed by atoms with Gasteiger partial charge in [-0.3, -0.25) is 14.4 Å². The molecule has 0 saturated heterocycles. The molecular weight excluding hydrogens is 323 g/mol. The minimum Gasteiger partial charge on any atom is -0.369 e. The monoisotopic (exact) mass is 340 g/mol. The summed E-state index contributed by atoms with van der Waals surface area (Å²) in [6.07, 6.45) is 0.149. The maximum Gasteiger partial charge on any atom is 0.231 e. The molecule has 2 N–H and O–H groups in total. The standard InChI is InChI=1S/C17H17FN6O/c1-17(8-15(25)23(2)16(20)21-17)14-7-13(22-24(14)3)11-4-10(9-19)5-12(18)6-11/h4-7H,8H2,1-3H3,(H2,20,21). The van der Waals surface area contributed by atoms with Crippen LogP contribution in [0.3, 0.4) is 0 Å². The van der Waals surface area contributed by atoms with Crippen molar-refractivity contribution in [3.8, 4) is 17.3 Å². The van der Waals surface area contributed by atoms with E-state index >= 15 is 0 Å². The van der Waals surface area contributed by atoms with Crippen molar-refractivity contribution < 1.29 is 9.18 Å². The molecule has 7 nitrogen and oxygen atoms in total. The lowest BCUT2D eigenvalue weighted by molar-refractivity contribution is -0.128. The molecule has 1 amide bonds. The molecule has 1 atom stereocenters. The predicted molar refractivity (Wildman–Crippen MR) is 89.7 cm³/mol. The van der Waals surface area contributed by atoms with Crippen LogP contribution in [0.2, 0.25) is 0 Å². The molecule has 0 saturated carbocycles. The van der Waals surface area contributed by atoms with Crippen LogP contribution < -0.4 is 5.73 Å². The molecular formula is C17H17FN6O. The Bertz CT molecular complexity index is 941. The highest BCUT2D eigenvalue weighted by molar-refractivity contribution is 5.98. The third-order valence-corrected chi connectivity index (χ3v) is 4.33. The Labute approximate surface area is 144 Å². The van der Waals surface area contributed by atoms with Crippen molar-refractivity contribution in [2.75, 3.05) is 7.05 Å². The van der Waals surface area contributed by atoms with Crippen molar-refractivity contribution in [1.29, 1.82) is 5.26 Å². The van der Waals surface area contributed by atoms with E-state index in [1.54, 1.807) is 37.8 Å². The second-order valence-corrected chi connectivity index (χ2v) is 6.25. The SMILES string of the molecule is CN1C(=O)CC(C)(c2cc(-c3cc(F)cc(C#N)c3)nn2C)N=C1N. The number of amides is 1. The minimum atomic E-state index is -0.862. The van der Waals surface area contributed by atoms with Gasteiger partial charge < -0.3 is 5.73 Å². The number of benzene rings is 1. The summed E-state index contributed by atoms with van der Waals surface area (Å²) < 4.78 is 15.3. The maximum absolute atomic E-state index is 13.7. The number of aromatic nitrogens is 2. The van der Waals surface area contributed by atoms with E-state index in [1.165, 1.54) is 11.0 Å². The first-order valence-electron chi connectivity index (χ1n) is 7.61. The van der Waals surface area contributed by atoms with Crippen LogP contribution in [0, 0.1) is 17.1 Å². The number of carbonyl (C=O) groups is 1. The number of aryl methyl sites for hydroxylation is 1. The average Bonchev–Trinajstić information content (AvgIpc) is 2.94. The van der Waals surface area contributed by atoms with E-state index < -0.39 is 11.4 Å². The third kappa shape index (κ3) is 2.85. The molecule has 1 aromatic carbocycles. The normalized spacial score (nSPS) is 20.4. The number of hydrogen-bond acceptors (Lipinski definition) is 5.